The third-order valence-corrected chi connectivity index (χ3v) is 4.78. The van der Waals surface area contributed by atoms with E-state index in [4.69, 9.17) is 5.11 Å². The Balaban J connectivity index is 3.34. The van der Waals surface area contributed by atoms with Crippen LogP contribution in [0.25, 0.3) is 0 Å². The second kappa shape index (κ2) is 15.0. The highest BCUT2D eigenvalue weighted by atomic mass is 16.4. The molecule has 6 heteroatoms. The van der Waals surface area contributed by atoms with Gasteiger partial charge in [0.25, 0.3) is 0 Å². The fraction of sp³-hybridized carbons (Fsp3) is 0.900. The number of hydrogen-bond acceptors (Lipinski definition) is 4. The fourth-order valence-corrected chi connectivity index (χ4v) is 3.13. The van der Waals surface area contributed by atoms with Gasteiger partial charge in [0.15, 0.2) is 0 Å². The SMILES string of the molecule is C[N+](C)(C)C(CCCNCCCCCCCCCCCC(=O)O)C(=O)[O-]. The smallest absolute Gasteiger partial charge is 0.303 e. The maximum absolute atomic E-state index is 11.2. The van der Waals surface area contributed by atoms with Gasteiger partial charge >= 0.3 is 5.97 Å². The molecule has 0 saturated heterocycles. The second-order valence-electron chi connectivity index (χ2n) is 8.17. The van der Waals surface area contributed by atoms with E-state index in [0.29, 0.717) is 17.3 Å². The Morgan fingerprint density at radius 1 is 0.846 bits per heavy atom. The van der Waals surface area contributed by atoms with Crippen molar-refractivity contribution in [3.63, 3.8) is 0 Å². The summed E-state index contributed by atoms with van der Waals surface area (Å²) in [4.78, 5) is 21.5. The molecule has 6 nitrogen and oxygen atoms in total. The lowest BCUT2D eigenvalue weighted by Crippen LogP contribution is -2.54. The van der Waals surface area contributed by atoms with Crippen molar-refractivity contribution in [1.29, 1.82) is 0 Å². The number of nitrogens with one attached hydrogen (secondary N) is 1. The Hall–Kier alpha value is -1.14. The number of hydrogen-bond donors (Lipinski definition) is 2. The van der Waals surface area contributed by atoms with Gasteiger partial charge in [0.1, 0.15) is 6.04 Å². The quantitative estimate of drug-likeness (QED) is 0.284. The predicted octanol–water partition coefficient (Wildman–Crippen LogP) is 2.17. The first kappa shape index (κ1) is 24.9. The minimum absolute atomic E-state index is 0.302. The zero-order chi connectivity index (χ0) is 19.8. The first-order valence-electron chi connectivity index (χ1n) is 10.2. The van der Waals surface area contributed by atoms with E-state index < -0.39 is 18.0 Å². The van der Waals surface area contributed by atoms with Gasteiger partial charge in [-0.25, -0.2) is 0 Å². The summed E-state index contributed by atoms with van der Waals surface area (Å²) in [5.41, 5.74) is 0. The van der Waals surface area contributed by atoms with Crippen molar-refractivity contribution in [1.82, 2.24) is 5.32 Å². The van der Waals surface area contributed by atoms with E-state index in [1.54, 1.807) is 0 Å². The van der Waals surface area contributed by atoms with Gasteiger partial charge in [-0.2, -0.15) is 0 Å². The molecule has 0 aliphatic heterocycles. The largest absolute Gasteiger partial charge is 0.544 e. The zero-order valence-corrected chi connectivity index (χ0v) is 17.1. The average Bonchev–Trinajstić information content (AvgIpc) is 2.52. The minimum Gasteiger partial charge on any atom is -0.544 e. The third-order valence-electron chi connectivity index (χ3n) is 4.78. The maximum Gasteiger partial charge on any atom is 0.303 e. The molecule has 0 bridgehead atoms. The van der Waals surface area contributed by atoms with Crippen LogP contribution in [-0.2, 0) is 9.59 Å². The van der Waals surface area contributed by atoms with Crippen LogP contribution >= 0.6 is 0 Å². The molecule has 0 aromatic rings. The lowest BCUT2D eigenvalue weighted by Gasteiger charge is -2.34. The highest BCUT2D eigenvalue weighted by molar-refractivity contribution is 5.69. The molecule has 0 fully saturated rings. The molecule has 2 N–H and O–H groups in total. The van der Waals surface area contributed by atoms with Gasteiger partial charge in [-0.05, 0) is 32.4 Å². The molecule has 0 heterocycles. The third kappa shape index (κ3) is 15.1. The molecule has 0 aromatic heterocycles. The Kier molecular flexibility index (Phi) is 14.3. The highest BCUT2D eigenvalue weighted by Crippen LogP contribution is 2.11. The van der Waals surface area contributed by atoms with E-state index in [9.17, 15) is 14.7 Å². The Morgan fingerprint density at radius 2 is 1.31 bits per heavy atom. The average molecular weight is 373 g/mol. The Morgan fingerprint density at radius 3 is 1.77 bits per heavy atom. The van der Waals surface area contributed by atoms with Crippen LogP contribution in [0.1, 0.15) is 77.0 Å². The molecule has 0 saturated carbocycles. The summed E-state index contributed by atoms with van der Waals surface area (Å²) in [5.74, 6) is -1.65. The summed E-state index contributed by atoms with van der Waals surface area (Å²) in [6.45, 7) is 1.86. The van der Waals surface area contributed by atoms with Crippen LogP contribution < -0.4 is 10.4 Å². The molecule has 0 amide bonds. The number of quaternary nitrogens is 1. The number of carbonyl (C=O) groups excluding carboxylic acids is 1. The molecule has 1 atom stereocenters. The van der Waals surface area contributed by atoms with Crippen LogP contribution in [0.2, 0.25) is 0 Å². The molecule has 0 rings (SSSR count). The Bertz CT molecular complexity index is 380. The summed E-state index contributed by atoms with van der Waals surface area (Å²) < 4.78 is 0.405. The van der Waals surface area contributed by atoms with Crippen LogP contribution in [-0.4, -0.2) is 61.8 Å². The minimum atomic E-state index is -0.959. The van der Waals surface area contributed by atoms with E-state index in [1.807, 2.05) is 21.1 Å². The molecule has 0 spiro atoms. The van der Waals surface area contributed by atoms with Crippen molar-refractivity contribution < 1.29 is 24.3 Å². The predicted molar refractivity (Wildman–Crippen MR) is 103 cm³/mol. The van der Waals surface area contributed by atoms with Gasteiger partial charge in [-0.15, -0.1) is 0 Å². The van der Waals surface area contributed by atoms with E-state index in [0.717, 1.165) is 45.2 Å². The standard InChI is InChI=1S/C20H40N2O4/c1-22(2,3)18(20(25)26)14-13-17-21-16-12-10-8-6-4-5-7-9-11-15-19(23)24/h18,21H,4-17H2,1-3H3,(H-,23,24,25,26). The number of carboxylic acids is 2. The summed E-state index contributed by atoms with van der Waals surface area (Å²) in [7, 11) is 5.68. The van der Waals surface area contributed by atoms with Gasteiger partial charge in [0, 0.05) is 12.8 Å². The summed E-state index contributed by atoms with van der Waals surface area (Å²) in [5, 5.41) is 23.1. The van der Waals surface area contributed by atoms with E-state index in [2.05, 4.69) is 5.32 Å². The van der Waals surface area contributed by atoms with Crippen LogP contribution in [0.15, 0.2) is 0 Å². The fourth-order valence-electron chi connectivity index (χ4n) is 3.13. The van der Waals surface area contributed by atoms with Crippen molar-refractivity contribution in [2.24, 2.45) is 0 Å². The molecular weight excluding hydrogens is 332 g/mol. The lowest BCUT2D eigenvalue weighted by atomic mass is 10.1. The number of carbonyl (C=O) groups is 2. The number of carboxylic acid groups (broad SMARTS) is 2. The number of rotatable bonds is 18. The van der Waals surface area contributed by atoms with Crippen LogP contribution in [0, 0.1) is 0 Å². The molecule has 0 aromatic carbocycles. The van der Waals surface area contributed by atoms with Crippen molar-refractivity contribution in [3.8, 4) is 0 Å². The number of aliphatic carboxylic acids is 2. The van der Waals surface area contributed by atoms with Gasteiger partial charge in [-0.1, -0.05) is 44.9 Å². The van der Waals surface area contributed by atoms with Gasteiger partial charge < -0.3 is 24.8 Å². The second-order valence-corrected chi connectivity index (χ2v) is 8.17. The van der Waals surface area contributed by atoms with Crippen molar-refractivity contribution >= 4 is 11.9 Å². The zero-order valence-electron chi connectivity index (χ0n) is 17.1. The molecular formula is C20H40N2O4. The van der Waals surface area contributed by atoms with Crippen LogP contribution in [0.5, 0.6) is 0 Å². The monoisotopic (exact) mass is 372 g/mol. The lowest BCUT2D eigenvalue weighted by molar-refractivity contribution is -0.889. The van der Waals surface area contributed by atoms with Crippen molar-refractivity contribution in [3.05, 3.63) is 0 Å². The van der Waals surface area contributed by atoms with Crippen LogP contribution in [0.4, 0.5) is 0 Å². The Labute approximate surface area is 159 Å². The van der Waals surface area contributed by atoms with Crippen molar-refractivity contribution in [2.45, 2.75) is 83.1 Å². The molecule has 0 radical (unpaired) electrons. The van der Waals surface area contributed by atoms with Gasteiger partial charge in [0.05, 0.1) is 27.1 Å². The normalized spacial score (nSPS) is 12.9. The number of nitrogens with zero attached hydrogens (tertiary/aromatic N) is 1. The number of unbranched alkanes of at least 4 members (excludes halogenated alkanes) is 8. The topological polar surface area (TPSA) is 89.5 Å². The summed E-state index contributed by atoms with van der Waals surface area (Å²) in [6.07, 6.45) is 12.2. The molecule has 26 heavy (non-hydrogen) atoms. The van der Waals surface area contributed by atoms with E-state index in [-0.39, 0.29) is 0 Å². The molecule has 0 aliphatic rings. The van der Waals surface area contributed by atoms with Gasteiger partial charge in [-0.3, -0.25) is 4.79 Å². The van der Waals surface area contributed by atoms with Gasteiger partial charge in [0.2, 0.25) is 0 Å². The summed E-state index contributed by atoms with van der Waals surface area (Å²) >= 11 is 0. The van der Waals surface area contributed by atoms with Crippen molar-refractivity contribution in [2.75, 3.05) is 34.2 Å². The van der Waals surface area contributed by atoms with E-state index in [1.165, 1.54) is 32.1 Å². The first-order valence-corrected chi connectivity index (χ1v) is 10.2. The highest BCUT2D eigenvalue weighted by Gasteiger charge is 2.24. The number of likely N-dealkylation sites (N-methyl/N-ethyl adjacent to an activating group) is 1. The van der Waals surface area contributed by atoms with E-state index >= 15 is 0 Å². The maximum atomic E-state index is 11.2. The summed E-state index contributed by atoms with van der Waals surface area (Å²) in [6, 6.07) is -0.444. The van der Waals surface area contributed by atoms with Crippen LogP contribution in [0.3, 0.4) is 0 Å². The molecule has 154 valence electrons. The molecule has 0 aliphatic carbocycles. The first-order chi connectivity index (χ1) is 12.2. The molecule has 1 unspecified atom stereocenters.